The maximum Gasteiger partial charge on any atom is 0.318 e. The summed E-state index contributed by atoms with van der Waals surface area (Å²) in [5.74, 6) is 4.67. The minimum Gasteiger partial charge on any atom is -0.508 e. The summed E-state index contributed by atoms with van der Waals surface area (Å²) in [6.07, 6.45) is 5.50. The van der Waals surface area contributed by atoms with Gasteiger partial charge in [-0.3, -0.25) is 9.69 Å². The number of carbonyl (C=O) groups is 1. The van der Waals surface area contributed by atoms with Crippen LogP contribution in [0.5, 0.6) is 11.8 Å². The number of ether oxygens (including phenoxy) is 3. The van der Waals surface area contributed by atoms with E-state index in [1.807, 2.05) is 24.3 Å². The van der Waals surface area contributed by atoms with Crippen molar-refractivity contribution in [2.45, 2.75) is 103 Å². The van der Waals surface area contributed by atoms with Crippen molar-refractivity contribution < 1.29 is 24.1 Å². The van der Waals surface area contributed by atoms with Crippen LogP contribution >= 0.6 is 11.6 Å². The molecule has 4 heterocycles. The van der Waals surface area contributed by atoms with Crippen molar-refractivity contribution in [3.8, 4) is 29.3 Å². The van der Waals surface area contributed by atoms with Crippen LogP contribution in [0.15, 0.2) is 42.5 Å². The summed E-state index contributed by atoms with van der Waals surface area (Å²) in [6.45, 7) is 20.4. The third-order valence-electron chi connectivity index (χ3n) is 13.3. The van der Waals surface area contributed by atoms with Gasteiger partial charge >= 0.3 is 6.01 Å². The number of allylic oxidation sites excluding steroid dienone is 1. The first-order valence-electron chi connectivity index (χ1n) is 21.8. The molecule has 1 N–H and O–H groups in total. The number of alkyl halides is 1. The summed E-state index contributed by atoms with van der Waals surface area (Å²) >= 11 is 5.85. The molecule has 3 aromatic rings. The van der Waals surface area contributed by atoms with Crippen LogP contribution in [0.1, 0.15) is 89.3 Å². The summed E-state index contributed by atoms with van der Waals surface area (Å²) in [7, 11) is -2.03. The van der Waals surface area contributed by atoms with Crippen molar-refractivity contribution in [3.63, 3.8) is 0 Å². The number of benzene rings is 2. The molecule has 11 nitrogen and oxygen atoms in total. The second-order valence-electron chi connectivity index (χ2n) is 18.1. The molecule has 1 amide bonds. The molecule has 60 heavy (non-hydrogen) atoms. The highest BCUT2D eigenvalue weighted by Gasteiger charge is 2.46. The van der Waals surface area contributed by atoms with Gasteiger partial charge in [-0.1, -0.05) is 65.7 Å². The molecule has 2 saturated heterocycles. The Bertz CT molecular complexity index is 2150. The summed E-state index contributed by atoms with van der Waals surface area (Å²) < 4.78 is 19.0. The Kier molecular flexibility index (Phi) is 13.8. The highest BCUT2D eigenvalue weighted by atomic mass is 35.5. The normalized spacial score (nSPS) is 20.7. The number of hydrogen-bond acceptors (Lipinski definition) is 10. The molecule has 2 atom stereocenters. The molecule has 1 saturated carbocycles. The standard InChI is InChI=1S/C47H61ClN6O5Si/c1-32(2)60(33(3)4,34(5)6)24-13-35-9-7-10-36-25-38(55)26-39(44(35)36)42-27-41-40(29-58-42)45(53-18-19-54(37(28-53)12-17-49)43(56)11-8-16-48)51-46(50-41)59-31-47(14-15-47)30-52-20-22-57-23-21-52/h7-11,25-26,32-34,37,42,55H,12,14-16,18-23,27-31H2,1-6H3/b11-8+/t37-,42?/m0/s1. The number of aromatic hydroxyl groups is 1. The predicted molar refractivity (Wildman–Crippen MR) is 239 cm³/mol. The monoisotopic (exact) mass is 852 g/mol. The number of rotatable bonds is 13. The minimum absolute atomic E-state index is 0.0575. The first kappa shape index (κ1) is 43.9. The molecule has 13 heteroatoms. The maximum atomic E-state index is 13.1. The lowest BCUT2D eigenvalue weighted by Gasteiger charge is -2.42. The molecule has 7 rings (SSSR count). The smallest absolute Gasteiger partial charge is 0.318 e. The molecule has 3 aliphatic heterocycles. The number of nitriles is 1. The molecule has 0 spiro atoms. The number of phenols is 1. The summed E-state index contributed by atoms with van der Waals surface area (Å²) in [5, 5.41) is 22.8. The van der Waals surface area contributed by atoms with Crippen LogP contribution in [0.25, 0.3) is 10.8 Å². The number of phenolic OH excluding ortho intramolecular Hbond substituents is 1. The zero-order valence-electron chi connectivity index (χ0n) is 36.2. The van der Waals surface area contributed by atoms with Gasteiger partial charge in [-0.15, -0.1) is 17.1 Å². The minimum atomic E-state index is -2.03. The van der Waals surface area contributed by atoms with Crippen molar-refractivity contribution in [2.24, 2.45) is 5.41 Å². The molecule has 1 aromatic heterocycles. The van der Waals surface area contributed by atoms with Gasteiger partial charge in [0.15, 0.2) is 0 Å². The van der Waals surface area contributed by atoms with Crippen LogP contribution in [0.3, 0.4) is 0 Å². The van der Waals surface area contributed by atoms with E-state index in [1.54, 1.807) is 11.0 Å². The van der Waals surface area contributed by atoms with Crippen LogP contribution in [-0.2, 0) is 27.3 Å². The summed E-state index contributed by atoms with van der Waals surface area (Å²) in [4.78, 5) is 29.7. The van der Waals surface area contributed by atoms with E-state index in [2.05, 4.69) is 74.9 Å². The topological polar surface area (TPSA) is 124 Å². The van der Waals surface area contributed by atoms with E-state index in [0.717, 1.165) is 78.8 Å². The van der Waals surface area contributed by atoms with Crippen molar-refractivity contribution in [2.75, 3.05) is 69.9 Å². The molecule has 0 bridgehead atoms. The van der Waals surface area contributed by atoms with Gasteiger partial charge in [0.2, 0.25) is 5.91 Å². The lowest BCUT2D eigenvalue weighted by atomic mass is 9.92. The molecule has 2 aromatic carbocycles. The van der Waals surface area contributed by atoms with Crippen molar-refractivity contribution in [1.82, 2.24) is 19.8 Å². The molecule has 1 unspecified atom stereocenters. The van der Waals surface area contributed by atoms with Gasteiger partial charge in [0.25, 0.3) is 0 Å². The molecular formula is C47H61ClN6O5Si. The Hall–Kier alpha value is -4.17. The number of hydrogen-bond donors (Lipinski definition) is 1. The fourth-order valence-corrected chi connectivity index (χ4v) is 15.3. The van der Waals surface area contributed by atoms with Gasteiger partial charge in [-0.25, -0.2) is 0 Å². The van der Waals surface area contributed by atoms with E-state index in [1.165, 1.54) is 6.08 Å². The van der Waals surface area contributed by atoms with Gasteiger partial charge in [0.1, 0.15) is 19.6 Å². The molecule has 0 radical (unpaired) electrons. The highest BCUT2D eigenvalue weighted by molar-refractivity contribution is 6.90. The fourth-order valence-electron chi connectivity index (χ4n) is 10.0. The van der Waals surface area contributed by atoms with E-state index < -0.39 is 14.2 Å². The summed E-state index contributed by atoms with van der Waals surface area (Å²) in [5.41, 5.74) is 8.98. The number of amides is 1. The largest absolute Gasteiger partial charge is 0.508 e. The number of halogens is 1. The van der Waals surface area contributed by atoms with Crippen LogP contribution in [0, 0.1) is 28.2 Å². The van der Waals surface area contributed by atoms with Crippen LogP contribution in [0.2, 0.25) is 16.6 Å². The van der Waals surface area contributed by atoms with Crippen molar-refractivity contribution >= 4 is 42.2 Å². The highest BCUT2D eigenvalue weighted by Crippen LogP contribution is 2.47. The van der Waals surface area contributed by atoms with E-state index in [0.29, 0.717) is 61.1 Å². The van der Waals surface area contributed by atoms with Gasteiger partial charge < -0.3 is 29.1 Å². The Morgan fingerprint density at radius 1 is 1.08 bits per heavy atom. The number of aromatic nitrogens is 2. The quantitative estimate of drug-likeness (QED) is 0.0785. The number of fused-ring (bicyclic) bond motifs is 2. The number of carbonyl (C=O) groups excluding carboxylic acids is 1. The Balaban J connectivity index is 1.25. The molecule has 1 aliphatic carbocycles. The first-order valence-corrected chi connectivity index (χ1v) is 24.5. The van der Waals surface area contributed by atoms with E-state index in [4.69, 9.17) is 35.8 Å². The zero-order chi connectivity index (χ0) is 42.6. The Morgan fingerprint density at radius 3 is 2.52 bits per heavy atom. The number of piperazine rings is 1. The molecule has 3 fully saturated rings. The number of anilines is 1. The van der Waals surface area contributed by atoms with Gasteiger partial charge in [-0.05, 0) is 58.6 Å². The number of morpholine rings is 1. The molecular weight excluding hydrogens is 792 g/mol. The number of nitrogens with zero attached hydrogens (tertiary/aromatic N) is 6. The first-order chi connectivity index (χ1) is 28.9. The van der Waals surface area contributed by atoms with Crippen molar-refractivity contribution in [1.29, 1.82) is 5.26 Å². The molecule has 320 valence electrons. The van der Waals surface area contributed by atoms with Crippen molar-refractivity contribution in [3.05, 3.63) is 64.9 Å². The average molecular weight is 854 g/mol. The third kappa shape index (κ3) is 9.34. The lowest BCUT2D eigenvalue weighted by Crippen LogP contribution is -2.55. The Morgan fingerprint density at radius 2 is 1.83 bits per heavy atom. The molecule has 4 aliphatic rings. The average Bonchev–Trinajstić information content (AvgIpc) is 4.00. The Labute approximate surface area is 362 Å². The third-order valence-corrected chi connectivity index (χ3v) is 19.8. The van der Waals surface area contributed by atoms with E-state index >= 15 is 0 Å². The fraction of sp³-hybridized carbons (Fsp3) is 0.574. The van der Waals surface area contributed by atoms with Crippen LogP contribution in [0.4, 0.5) is 5.82 Å². The predicted octanol–water partition coefficient (Wildman–Crippen LogP) is 7.94. The van der Waals surface area contributed by atoms with Gasteiger partial charge in [-0.2, -0.15) is 15.2 Å². The SMILES string of the molecule is CC(C)[Si](C#Cc1cccc2cc(O)cc(C3Cc4nc(OCC5(CN6CCOCC6)CC5)nc(N5CCN(C(=O)/C=C/CCl)[C@@H](CC#N)C5)c4CO3)c12)(C(C)C)C(C)C. The van der Waals surface area contributed by atoms with Gasteiger partial charge in [0.05, 0.1) is 56.8 Å². The summed E-state index contributed by atoms with van der Waals surface area (Å²) in [6, 6.07) is 12.1. The maximum absolute atomic E-state index is 13.1. The second-order valence-corrected chi connectivity index (χ2v) is 24.0. The van der Waals surface area contributed by atoms with Crippen LogP contribution in [-0.4, -0.2) is 110 Å². The van der Waals surface area contributed by atoms with Crippen LogP contribution < -0.4 is 9.64 Å². The van der Waals surface area contributed by atoms with Gasteiger partial charge in [0, 0.05) is 79.6 Å². The zero-order valence-corrected chi connectivity index (χ0v) is 37.9. The second kappa shape index (κ2) is 18.8. The van der Waals surface area contributed by atoms with E-state index in [-0.39, 0.29) is 42.0 Å². The lowest BCUT2D eigenvalue weighted by molar-refractivity contribution is -0.128. The van der Waals surface area contributed by atoms with E-state index in [9.17, 15) is 15.2 Å².